The Hall–Kier alpha value is -2.27. The smallest absolute Gasteiger partial charge is 0.258 e. The van der Waals surface area contributed by atoms with E-state index in [4.69, 9.17) is 14.9 Å². The number of anilines is 1. The van der Waals surface area contributed by atoms with Crippen LogP contribution in [0.4, 0.5) is 10.1 Å². The van der Waals surface area contributed by atoms with Gasteiger partial charge in [0.1, 0.15) is 22.7 Å². The highest BCUT2D eigenvalue weighted by molar-refractivity contribution is 7.89. The number of ether oxygens (including phenoxy) is 1. The number of benzene rings is 1. The third-order valence-electron chi connectivity index (χ3n) is 3.89. The van der Waals surface area contributed by atoms with Gasteiger partial charge in [-0.3, -0.25) is 4.79 Å². The van der Waals surface area contributed by atoms with Crippen molar-refractivity contribution in [1.82, 2.24) is 4.31 Å². The first-order valence-electron chi connectivity index (χ1n) is 7.88. The summed E-state index contributed by atoms with van der Waals surface area (Å²) >= 11 is 0. The molecule has 1 fully saturated rings. The molecule has 10 heteroatoms. The van der Waals surface area contributed by atoms with Crippen LogP contribution in [0.1, 0.15) is 16.1 Å². The fraction of sp³-hybridized carbons (Fsp3) is 0.312. The second-order valence-electron chi connectivity index (χ2n) is 5.62. The van der Waals surface area contributed by atoms with E-state index < -0.39 is 26.6 Å². The van der Waals surface area contributed by atoms with Crippen molar-refractivity contribution in [3.63, 3.8) is 0 Å². The maximum absolute atomic E-state index is 14.2. The Labute approximate surface area is 149 Å². The van der Waals surface area contributed by atoms with Gasteiger partial charge in [0, 0.05) is 18.8 Å². The third kappa shape index (κ3) is 3.78. The van der Waals surface area contributed by atoms with Gasteiger partial charge in [0.15, 0.2) is 0 Å². The molecule has 1 aliphatic heterocycles. The van der Waals surface area contributed by atoms with Gasteiger partial charge < -0.3 is 20.2 Å². The summed E-state index contributed by atoms with van der Waals surface area (Å²) in [7, 11) is -4.02. The highest BCUT2D eigenvalue weighted by Gasteiger charge is 2.29. The van der Waals surface area contributed by atoms with Gasteiger partial charge >= 0.3 is 0 Å². The summed E-state index contributed by atoms with van der Waals surface area (Å²) in [6.45, 7) is 0.943. The van der Waals surface area contributed by atoms with Crippen LogP contribution >= 0.6 is 0 Å². The van der Waals surface area contributed by atoms with E-state index in [2.05, 4.69) is 5.32 Å². The van der Waals surface area contributed by atoms with E-state index in [1.165, 1.54) is 18.4 Å². The molecule has 0 saturated carbocycles. The van der Waals surface area contributed by atoms with E-state index >= 15 is 0 Å². The lowest BCUT2D eigenvalue weighted by Crippen LogP contribution is -2.40. The number of morpholine rings is 1. The number of hydrogen-bond donors (Lipinski definition) is 2. The lowest BCUT2D eigenvalue weighted by Gasteiger charge is -2.26. The SMILES string of the molecule is NCc1cc(C(=O)Nc2ccc(F)c(S(=O)(=O)N3CCOCC3)c2)co1. The fourth-order valence-electron chi connectivity index (χ4n) is 2.51. The molecule has 0 unspecified atom stereocenters. The van der Waals surface area contributed by atoms with Gasteiger partial charge in [0.05, 0.1) is 25.3 Å². The van der Waals surface area contributed by atoms with Crippen LogP contribution in [0.15, 0.2) is 39.8 Å². The predicted molar refractivity (Wildman–Crippen MR) is 90.5 cm³/mol. The Morgan fingerprint density at radius 1 is 1.27 bits per heavy atom. The molecule has 140 valence electrons. The summed E-state index contributed by atoms with van der Waals surface area (Å²) in [5.74, 6) is -0.970. The maximum Gasteiger partial charge on any atom is 0.258 e. The molecule has 1 aliphatic rings. The number of carbonyl (C=O) groups is 1. The number of rotatable bonds is 5. The van der Waals surface area contributed by atoms with E-state index in [1.54, 1.807) is 0 Å². The molecule has 3 rings (SSSR count). The van der Waals surface area contributed by atoms with E-state index in [0.717, 1.165) is 16.4 Å². The second-order valence-corrected chi connectivity index (χ2v) is 7.53. The number of carbonyl (C=O) groups excluding carboxylic acids is 1. The minimum atomic E-state index is -4.02. The summed E-state index contributed by atoms with van der Waals surface area (Å²) in [5, 5.41) is 2.52. The van der Waals surface area contributed by atoms with Crippen LogP contribution in [0.5, 0.6) is 0 Å². The molecule has 2 aromatic rings. The Balaban J connectivity index is 1.84. The molecule has 0 radical (unpaired) electrons. The second kappa shape index (κ2) is 7.54. The summed E-state index contributed by atoms with van der Waals surface area (Å²) in [5.41, 5.74) is 5.80. The molecule has 8 nitrogen and oxygen atoms in total. The first kappa shape index (κ1) is 18.5. The highest BCUT2D eigenvalue weighted by Crippen LogP contribution is 2.24. The van der Waals surface area contributed by atoms with E-state index in [9.17, 15) is 17.6 Å². The minimum absolute atomic E-state index is 0.145. The molecule has 1 amide bonds. The quantitative estimate of drug-likeness (QED) is 0.800. The van der Waals surface area contributed by atoms with Gasteiger partial charge in [0.25, 0.3) is 5.91 Å². The topological polar surface area (TPSA) is 115 Å². The Kier molecular flexibility index (Phi) is 5.37. The minimum Gasteiger partial charge on any atom is -0.467 e. The molecule has 3 N–H and O–H groups in total. The number of nitrogens with one attached hydrogen (secondary N) is 1. The molecule has 0 bridgehead atoms. The molecule has 0 aliphatic carbocycles. The zero-order chi connectivity index (χ0) is 18.7. The molecular weight excluding hydrogens is 365 g/mol. The van der Waals surface area contributed by atoms with Crippen LogP contribution in [-0.2, 0) is 21.3 Å². The maximum atomic E-state index is 14.2. The highest BCUT2D eigenvalue weighted by atomic mass is 32.2. The van der Waals surface area contributed by atoms with Gasteiger partial charge in [0.2, 0.25) is 10.0 Å². The Morgan fingerprint density at radius 3 is 2.65 bits per heavy atom. The van der Waals surface area contributed by atoms with Crippen molar-refractivity contribution >= 4 is 21.6 Å². The van der Waals surface area contributed by atoms with Crippen LogP contribution in [0.3, 0.4) is 0 Å². The summed E-state index contributed by atoms with van der Waals surface area (Å²) in [6.07, 6.45) is 1.24. The van der Waals surface area contributed by atoms with Crippen LogP contribution in [-0.4, -0.2) is 44.9 Å². The number of nitrogens with zero attached hydrogens (tertiary/aromatic N) is 1. The van der Waals surface area contributed by atoms with Crippen LogP contribution in [0.25, 0.3) is 0 Å². The van der Waals surface area contributed by atoms with Crippen molar-refractivity contribution in [3.05, 3.63) is 47.7 Å². The van der Waals surface area contributed by atoms with Crippen molar-refractivity contribution < 1.29 is 26.8 Å². The fourth-order valence-corrected chi connectivity index (χ4v) is 4.01. The van der Waals surface area contributed by atoms with Crippen molar-refractivity contribution in [3.8, 4) is 0 Å². The number of hydrogen-bond acceptors (Lipinski definition) is 6. The van der Waals surface area contributed by atoms with Gasteiger partial charge in [-0.1, -0.05) is 0 Å². The van der Waals surface area contributed by atoms with Crippen LogP contribution in [0, 0.1) is 5.82 Å². The number of amides is 1. The molecular formula is C16H18FN3O5S. The third-order valence-corrected chi connectivity index (χ3v) is 5.81. The zero-order valence-electron chi connectivity index (χ0n) is 13.8. The molecule has 2 heterocycles. The van der Waals surface area contributed by atoms with Crippen molar-refractivity contribution in [2.24, 2.45) is 5.73 Å². The van der Waals surface area contributed by atoms with Gasteiger partial charge in [-0.2, -0.15) is 4.31 Å². The van der Waals surface area contributed by atoms with Crippen molar-refractivity contribution in [1.29, 1.82) is 0 Å². The zero-order valence-corrected chi connectivity index (χ0v) is 14.6. The largest absolute Gasteiger partial charge is 0.467 e. The normalized spacial score (nSPS) is 15.8. The van der Waals surface area contributed by atoms with Gasteiger partial charge in [-0.05, 0) is 24.3 Å². The average molecular weight is 383 g/mol. The average Bonchev–Trinajstić information content (AvgIpc) is 3.13. The first-order chi connectivity index (χ1) is 12.4. The van der Waals surface area contributed by atoms with Gasteiger partial charge in [-0.15, -0.1) is 0 Å². The van der Waals surface area contributed by atoms with E-state index in [0.29, 0.717) is 5.76 Å². The molecule has 0 atom stereocenters. The summed E-state index contributed by atoms with van der Waals surface area (Å²) in [4.78, 5) is 11.7. The monoisotopic (exact) mass is 383 g/mol. The molecule has 0 spiro atoms. The molecule has 1 aromatic carbocycles. The first-order valence-corrected chi connectivity index (χ1v) is 9.32. The van der Waals surface area contributed by atoms with E-state index in [-0.39, 0.29) is 44.1 Å². The summed E-state index contributed by atoms with van der Waals surface area (Å²) < 4.78 is 50.8. The number of nitrogens with two attached hydrogens (primary N) is 1. The molecule has 1 saturated heterocycles. The lowest BCUT2D eigenvalue weighted by atomic mass is 10.2. The van der Waals surface area contributed by atoms with E-state index in [1.807, 2.05) is 0 Å². The standard InChI is InChI=1S/C16H18FN3O5S/c17-14-2-1-12(19-16(21)11-7-13(9-18)25-10-11)8-15(14)26(22,23)20-3-5-24-6-4-20/h1-2,7-8,10H,3-6,9,18H2,(H,19,21). The number of furan rings is 1. The number of sulfonamides is 1. The lowest BCUT2D eigenvalue weighted by molar-refractivity contribution is 0.0729. The van der Waals surface area contributed by atoms with Crippen LogP contribution < -0.4 is 11.1 Å². The Morgan fingerprint density at radius 2 is 2.00 bits per heavy atom. The number of halogens is 1. The van der Waals surface area contributed by atoms with Crippen molar-refractivity contribution in [2.75, 3.05) is 31.6 Å². The molecule has 26 heavy (non-hydrogen) atoms. The Bertz CT molecular complexity index is 906. The predicted octanol–water partition coefficient (Wildman–Crippen LogP) is 1.15. The summed E-state index contributed by atoms with van der Waals surface area (Å²) in [6, 6.07) is 4.87. The van der Waals surface area contributed by atoms with Gasteiger partial charge in [-0.25, -0.2) is 12.8 Å². The molecule has 1 aromatic heterocycles. The van der Waals surface area contributed by atoms with Crippen molar-refractivity contribution in [2.45, 2.75) is 11.4 Å². The van der Waals surface area contributed by atoms with Crippen LogP contribution in [0.2, 0.25) is 0 Å².